The molecule has 0 atom stereocenters. The largest absolute Gasteiger partial charge is 0.469 e. The van der Waals surface area contributed by atoms with Crippen molar-refractivity contribution in [3.63, 3.8) is 0 Å². The van der Waals surface area contributed by atoms with Gasteiger partial charge in [0, 0.05) is 17.4 Å². The standard InChI is InChI=1S/C10H11ClN2O2/c1-15-10(14)4-2-3-7-6-13-9(11)5-8(7)12/h2-3,5-6H,4H2,1H3,(H2,12,13). The molecule has 0 fully saturated rings. The lowest BCUT2D eigenvalue weighted by molar-refractivity contribution is -0.139. The minimum atomic E-state index is -0.299. The highest BCUT2D eigenvalue weighted by molar-refractivity contribution is 6.29. The van der Waals surface area contributed by atoms with Crippen LogP contribution in [-0.4, -0.2) is 18.1 Å². The molecule has 0 aliphatic rings. The van der Waals surface area contributed by atoms with Gasteiger partial charge in [0.05, 0.1) is 13.5 Å². The molecule has 4 nitrogen and oxygen atoms in total. The Morgan fingerprint density at radius 2 is 2.47 bits per heavy atom. The Morgan fingerprint density at radius 1 is 1.73 bits per heavy atom. The highest BCUT2D eigenvalue weighted by Gasteiger charge is 1.98. The molecule has 0 bridgehead atoms. The summed E-state index contributed by atoms with van der Waals surface area (Å²) >= 11 is 5.63. The summed E-state index contributed by atoms with van der Waals surface area (Å²) in [4.78, 5) is 14.7. The maximum atomic E-state index is 10.8. The topological polar surface area (TPSA) is 65.2 Å². The molecule has 5 heteroatoms. The van der Waals surface area contributed by atoms with E-state index in [1.54, 1.807) is 24.4 Å². The summed E-state index contributed by atoms with van der Waals surface area (Å²) in [6.45, 7) is 0. The smallest absolute Gasteiger partial charge is 0.309 e. The van der Waals surface area contributed by atoms with Crippen molar-refractivity contribution in [1.82, 2.24) is 4.98 Å². The number of rotatable bonds is 3. The van der Waals surface area contributed by atoms with Gasteiger partial charge in [0.1, 0.15) is 5.15 Å². The number of pyridine rings is 1. The lowest BCUT2D eigenvalue weighted by Gasteiger charge is -1.99. The van der Waals surface area contributed by atoms with Crippen LogP contribution in [0.3, 0.4) is 0 Å². The first-order valence-corrected chi connectivity index (χ1v) is 4.65. The summed E-state index contributed by atoms with van der Waals surface area (Å²) < 4.78 is 4.48. The van der Waals surface area contributed by atoms with Crippen LogP contribution in [0.4, 0.5) is 5.69 Å². The van der Waals surface area contributed by atoms with E-state index in [4.69, 9.17) is 17.3 Å². The van der Waals surface area contributed by atoms with Gasteiger partial charge in [-0.3, -0.25) is 4.79 Å². The van der Waals surface area contributed by atoms with Gasteiger partial charge >= 0.3 is 5.97 Å². The Hall–Kier alpha value is -1.55. The van der Waals surface area contributed by atoms with Crippen molar-refractivity contribution in [2.75, 3.05) is 12.8 Å². The van der Waals surface area contributed by atoms with Crippen LogP contribution in [0.15, 0.2) is 18.3 Å². The van der Waals surface area contributed by atoms with Crippen LogP contribution >= 0.6 is 11.6 Å². The number of nitrogen functional groups attached to an aromatic ring is 1. The average Bonchev–Trinajstić information content (AvgIpc) is 2.21. The second-order valence-corrected chi connectivity index (χ2v) is 3.21. The fraction of sp³-hybridized carbons (Fsp3) is 0.200. The number of nitrogens with zero attached hydrogens (tertiary/aromatic N) is 1. The van der Waals surface area contributed by atoms with E-state index in [1.807, 2.05) is 0 Å². The lowest BCUT2D eigenvalue weighted by atomic mass is 10.2. The summed E-state index contributed by atoms with van der Waals surface area (Å²) in [5, 5.41) is 0.345. The van der Waals surface area contributed by atoms with Gasteiger partial charge in [0.25, 0.3) is 0 Å². The number of methoxy groups -OCH3 is 1. The van der Waals surface area contributed by atoms with Crippen LogP contribution < -0.4 is 5.73 Å². The minimum Gasteiger partial charge on any atom is -0.469 e. The molecule has 2 N–H and O–H groups in total. The summed E-state index contributed by atoms with van der Waals surface area (Å²) in [7, 11) is 1.34. The molecule has 0 aromatic carbocycles. The monoisotopic (exact) mass is 226 g/mol. The molecule has 15 heavy (non-hydrogen) atoms. The molecule has 1 rings (SSSR count). The van der Waals surface area contributed by atoms with Crippen molar-refractivity contribution in [2.45, 2.75) is 6.42 Å². The van der Waals surface area contributed by atoms with E-state index >= 15 is 0 Å². The highest BCUT2D eigenvalue weighted by atomic mass is 35.5. The molecular formula is C10H11ClN2O2. The predicted octanol–water partition coefficient (Wildman–Crippen LogP) is 1.89. The molecule has 0 amide bonds. The third-order valence-corrected chi connectivity index (χ3v) is 1.95. The number of carbonyl (C=O) groups excluding carboxylic acids is 1. The van der Waals surface area contributed by atoms with Gasteiger partial charge in [0.2, 0.25) is 0 Å². The molecule has 0 aliphatic carbocycles. The van der Waals surface area contributed by atoms with Crippen molar-refractivity contribution < 1.29 is 9.53 Å². The third kappa shape index (κ3) is 3.59. The van der Waals surface area contributed by atoms with Crippen LogP contribution in [0.25, 0.3) is 6.08 Å². The first-order chi connectivity index (χ1) is 7.13. The van der Waals surface area contributed by atoms with Gasteiger partial charge in [-0.15, -0.1) is 0 Å². The normalized spacial score (nSPS) is 10.5. The van der Waals surface area contributed by atoms with E-state index in [9.17, 15) is 4.79 Å². The van der Waals surface area contributed by atoms with Gasteiger partial charge in [-0.1, -0.05) is 23.8 Å². The van der Waals surface area contributed by atoms with Crippen molar-refractivity contribution >= 4 is 29.3 Å². The maximum absolute atomic E-state index is 10.8. The molecule has 1 heterocycles. The Balaban J connectivity index is 2.68. The second-order valence-electron chi connectivity index (χ2n) is 2.82. The van der Waals surface area contributed by atoms with E-state index in [2.05, 4.69) is 9.72 Å². The quantitative estimate of drug-likeness (QED) is 0.632. The number of carbonyl (C=O) groups is 1. The fourth-order valence-corrected chi connectivity index (χ4v) is 1.13. The van der Waals surface area contributed by atoms with E-state index < -0.39 is 0 Å². The number of hydrogen-bond acceptors (Lipinski definition) is 4. The van der Waals surface area contributed by atoms with Crippen LogP contribution in [0.2, 0.25) is 5.15 Å². The molecule has 80 valence electrons. The van der Waals surface area contributed by atoms with E-state index in [0.717, 1.165) is 5.56 Å². The van der Waals surface area contributed by atoms with Crippen molar-refractivity contribution in [3.8, 4) is 0 Å². The summed E-state index contributed by atoms with van der Waals surface area (Å²) in [5.74, 6) is -0.299. The number of halogens is 1. The molecule has 0 unspecified atom stereocenters. The number of nitrogens with two attached hydrogens (primary N) is 1. The van der Waals surface area contributed by atoms with Crippen molar-refractivity contribution in [1.29, 1.82) is 0 Å². The molecule has 1 aromatic heterocycles. The van der Waals surface area contributed by atoms with Gasteiger partial charge in [-0.2, -0.15) is 0 Å². The molecule has 0 saturated carbocycles. The van der Waals surface area contributed by atoms with Crippen molar-refractivity contribution in [2.24, 2.45) is 0 Å². The third-order valence-electron chi connectivity index (χ3n) is 1.74. The Bertz CT molecular complexity index is 391. The molecule has 0 radical (unpaired) electrons. The Kier molecular flexibility index (Phi) is 4.12. The Morgan fingerprint density at radius 3 is 3.07 bits per heavy atom. The minimum absolute atomic E-state index is 0.207. The maximum Gasteiger partial charge on any atom is 0.309 e. The molecule has 0 aliphatic heterocycles. The average molecular weight is 227 g/mol. The number of ether oxygens (including phenoxy) is 1. The second kappa shape index (κ2) is 5.36. The van der Waals surface area contributed by atoms with Crippen LogP contribution in [0.1, 0.15) is 12.0 Å². The first kappa shape index (κ1) is 11.5. The van der Waals surface area contributed by atoms with Gasteiger partial charge in [0.15, 0.2) is 0 Å². The number of aromatic nitrogens is 1. The first-order valence-electron chi connectivity index (χ1n) is 4.28. The van der Waals surface area contributed by atoms with Gasteiger partial charge < -0.3 is 10.5 Å². The summed E-state index contributed by atoms with van der Waals surface area (Å²) in [6, 6.07) is 1.55. The number of anilines is 1. The van der Waals surface area contributed by atoms with Crippen LogP contribution in [-0.2, 0) is 9.53 Å². The summed E-state index contributed by atoms with van der Waals surface area (Å²) in [6.07, 6.45) is 5.12. The zero-order chi connectivity index (χ0) is 11.3. The van der Waals surface area contributed by atoms with E-state index in [0.29, 0.717) is 10.8 Å². The SMILES string of the molecule is COC(=O)CC=Cc1cnc(Cl)cc1N. The number of esters is 1. The zero-order valence-corrected chi connectivity index (χ0v) is 8.99. The number of hydrogen-bond donors (Lipinski definition) is 1. The lowest BCUT2D eigenvalue weighted by Crippen LogP contribution is -1.97. The van der Waals surface area contributed by atoms with E-state index in [1.165, 1.54) is 7.11 Å². The van der Waals surface area contributed by atoms with Crippen molar-refractivity contribution in [3.05, 3.63) is 29.1 Å². The van der Waals surface area contributed by atoms with E-state index in [-0.39, 0.29) is 12.4 Å². The van der Waals surface area contributed by atoms with Crippen LogP contribution in [0, 0.1) is 0 Å². The van der Waals surface area contributed by atoms with Gasteiger partial charge in [-0.25, -0.2) is 4.98 Å². The molecule has 1 aromatic rings. The van der Waals surface area contributed by atoms with Crippen LogP contribution in [0.5, 0.6) is 0 Å². The van der Waals surface area contributed by atoms with Gasteiger partial charge in [-0.05, 0) is 6.07 Å². The predicted molar refractivity (Wildman–Crippen MR) is 59.3 cm³/mol. The molecular weight excluding hydrogens is 216 g/mol. The zero-order valence-electron chi connectivity index (χ0n) is 8.24. The summed E-state index contributed by atoms with van der Waals surface area (Å²) in [5.41, 5.74) is 6.93. The highest BCUT2D eigenvalue weighted by Crippen LogP contribution is 2.16. The Labute approximate surface area is 92.7 Å². The molecule has 0 saturated heterocycles. The molecule has 0 spiro atoms. The fourth-order valence-electron chi connectivity index (χ4n) is 0.959.